The van der Waals surface area contributed by atoms with E-state index < -0.39 is 0 Å². The zero-order chi connectivity index (χ0) is 13.6. The summed E-state index contributed by atoms with van der Waals surface area (Å²) in [5.41, 5.74) is 2.83. The number of nitrogens with one attached hydrogen (secondary N) is 1. The van der Waals surface area contributed by atoms with Crippen molar-refractivity contribution in [3.8, 4) is 5.69 Å². The second kappa shape index (κ2) is 4.54. The molecule has 0 aliphatic rings. The summed E-state index contributed by atoms with van der Waals surface area (Å²) in [7, 11) is 0. The first-order valence-corrected chi connectivity index (χ1v) is 6.80. The summed E-state index contributed by atoms with van der Waals surface area (Å²) in [5, 5.41) is 0. The fourth-order valence-electron chi connectivity index (χ4n) is 2.04. The third-order valence-electron chi connectivity index (χ3n) is 2.95. The minimum atomic E-state index is -0.352. The van der Waals surface area contributed by atoms with Crippen LogP contribution in [-0.4, -0.2) is 14.5 Å². The van der Waals surface area contributed by atoms with E-state index >= 15 is 0 Å². The Morgan fingerprint density at radius 3 is 2.89 bits per heavy atom. The van der Waals surface area contributed by atoms with Crippen LogP contribution in [0.2, 0.25) is 0 Å². The molecular weight excluding hydrogens is 329 g/mol. The summed E-state index contributed by atoms with van der Waals surface area (Å²) in [6, 6.07) is 6.69. The van der Waals surface area contributed by atoms with Gasteiger partial charge in [0.1, 0.15) is 5.82 Å². The van der Waals surface area contributed by atoms with E-state index in [0.717, 1.165) is 11.1 Å². The maximum Gasteiger partial charge on any atom is 0.184 e. The number of aromatic amines is 1. The Labute approximate surface area is 122 Å². The molecule has 0 aliphatic heterocycles. The number of pyridine rings is 1. The van der Waals surface area contributed by atoms with E-state index in [2.05, 4.69) is 25.9 Å². The molecule has 0 radical (unpaired) electrons. The molecule has 1 N–H and O–H groups in total. The summed E-state index contributed by atoms with van der Waals surface area (Å²) in [6.45, 7) is 1.95. The largest absolute Gasteiger partial charge is 0.329 e. The third kappa shape index (κ3) is 1.91. The van der Waals surface area contributed by atoms with Crippen molar-refractivity contribution in [2.24, 2.45) is 0 Å². The van der Waals surface area contributed by atoms with E-state index in [1.807, 2.05) is 13.0 Å². The van der Waals surface area contributed by atoms with Crippen molar-refractivity contribution in [2.75, 3.05) is 0 Å². The molecule has 6 heteroatoms. The van der Waals surface area contributed by atoms with Gasteiger partial charge in [0, 0.05) is 10.7 Å². The Balaban J connectivity index is 2.47. The number of H-pyrrole nitrogens is 1. The SMILES string of the molecule is Cc1ccnc2c1[nH]c(=S)n2-c1c(F)cccc1Br. The van der Waals surface area contributed by atoms with E-state index in [1.54, 1.807) is 22.9 Å². The van der Waals surface area contributed by atoms with Crippen LogP contribution in [0, 0.1) is 17.5 Å². The van der Waals surface area contributed by atoms with E-state index in [9.17, 15) is 4.39 Å². The van der Waals surface area contributed by atoms with Crippen LogP contribution in [0.15, 0.2) is 34.9 Å². The first-order chi connectivity index (χ1) is 9.09. The summed E-state index contributed by atoms with van der Waals surface area (Å²) in [4.78, 5) is 7.38. The lowest BCUT2D eigenvalue weighted by Gasteiger charge is -2.07. The fraction of sp³-hybridized carbons (Fsp3) is 0.0769. The van der Waals surface area contributed by atoms with Gasteiger partial charge in [-0.3, -0.25) is 4.57 Å². The van der Waals surface area contributed by atoms with Crippen LogP contribution < -0.4 is 0 Å². The number of halogens is 2. The van der Waals surface area contributed by atoms with E-state index in [-0.39, 0.29) is 5.82 Å². The average molecular weight is 338 g/mol. The van der Waals surface area contributed by atoms with Crippen LogP contribution in [0.3, 0.4) is 0 Å². The van der Waals surface area contributed by atoms with Gasteiger partial charge in [0.25, 0.3) is 0 Å². The molecule has 19 heavy (non-hydrogen) atoms. The van der Waals surface area contributed by atoms with Crippen LogP contribution >= 0.6 is 28.1 Å². The predicted molar refractivity (Wildman–Crippen MR) is 78.6 cm³/mol. The molecule has 0 spiro atoms. The van der Waals surface area contributed by atoms with Crippen molar-refractivity contribution < 1.29 is 4.39 Å². The number of imidazole rings is 1. The smallest absolute Gasteiger partial charge is 0.184 e. The fourth-order valence-corrected chi connectivity index (χ4v) is 2.84. The van der Waals surface area contributed by atoms with Gasteiger partial charge in [-0.2, -0.15) is 0 Å². The van der Waals surface area contributed by atoms with Crippen LogP contribution in [0.5, 0.6) is 0 Å². The Morgan fingerprint density at radius 2 is 2.16 bits per heavy atom. The number of aromatic nitrogens is 3. The van der Waals surface area contributed by atoms with Gasteiger partial charge in [-0.25, -0.2) is 9.37 Å². The second-order valence-electron chi connectivity index (χ2n) is 4.16. The maximum absolute atomic E-state index is 14.1. The third-order valence-corrected chi connectivity index (χ3v) is 3.87. The summed E-state index contributed by atoms with van der Waals surface area (Å²) < 4.78 is 16.7. The maximum atomic E-state index is 14.1. The van der Waals surface area contributed by atoms with Gasteiger partial charge in [0.15, 0.2) is 10.4 Å². The van der Waals surface area contributed by atoms with Crippen molar-refractivity contribution in [3.05, 3.63) is 51.1 Å². The monoisotopic (exact) mass is 337 g/mol. The molecule has 0 saturated carbocycles. The molecule has 3 aromatic rings. The molecular formula is C13H9BrFN3S. The van der Waals surface area contributed by atoms with Gasteiger partial charge >= 0.3 is 0 Å². The van der Waals surface area contributed by atoms with Crippen LogP contribution in [0.4, 0.5) is 4.39 Å². The van der Waals surface area contributed by atoms with Crippen LogP contribution in [-0.2, 0) is 0 Å². The molecule has 96 valence electrons. The molecule has 0 bridgehead atoms. The van der Waals surface area contributed by atoms with Gasteiger partial charge < -0.3 is 4.98 Å². The predicted octanol–water partition coefficient (Wildman–Crippen LogP) is 4.29. The molecule has 0 saturated heterocycles. The lowest BCUT2D eigenvalue weighted by atomic mass is 10.2. The second-order valence-corrected chi connectivity index (χ2v) is 5.40. The number of hydrogen-bond acceptors (Lipinski definition) is 2. The van der Waals surface area contributed by atoms with E-state index in [4.69, 9.17) is 12.2 Å². The summed E-state index contributed by atoms with van der Waals surface area (Å²) in [5.74, 6) is -0.352. The highest BCUT2D eigenvalue weighted by molar-refractivity contribution is 9.10. The highest BCUT2D eigenvalue weighted by atomic mass is 79.9. The van der Waals surface area contributed by atoms with Crippen LogP contribution in [0.25, 0.3) is 16.9 Å². The van der Waals surface area contributed by atoms with Crippen molar-refractivity contribution in [2.45, 2.75) is 6.92 Å². The van der Waals surface area contributed by atoms with Crippen molar-refractivity contribution in [3.63, 3.8) is 0 Å². The van der Waals surface area contributed by atoms with Crippen molar-refractivity contribution in [1.82, 2.24) is 14.5 Å². The molecule has 1 aromatic carbocycles. The lowest BCUT2D eigenvalue weighted by Crippen LogP contribution is -2.00. The highest BCUT2D eigenvalue weighted by Gasteiger charge is 2.15. The first-order valence-electron chi connectivity index (χ1n) is 5.60. The molecule has 2 heterocycles. The van der Waals surface area contributed by atoms with Crippen LogP contribution in [0.1, 0.15) is 5.56 Å². The quantitative estimate of drug-likeness (QED) is 0.672. The lowest BCUT2D eigenvalue weighted by molar-refractivity contribution is 0.617. The van der Waals surface area contributed by atoms with Gasteiger partial charge in [0.2, 0.25) is 0 Å². The van der Waals surface area contributed by atoms with Gasteiger partial charge in [0.05, 0.1) is 11.2 Å². The molecule has 0 aliphatic carbocycles. The molecule has 0 atom stereocenters. The number of nitrogens with zero attached hydrogens (tertiary/aromatic N) is 2. The highest BCUT2D eigenvalue weighted by Crippen LogP contribution is 2.28. The molecule has 0 amide bonds. The van der Waals surface area contributed by atoms with Gasteiger partial charge in [-0.1, -0.05) is 6.07 Å². The number of hydrogen-bond donors (Lipinski definition) is 1. The number of aryl methyl sites for hydroxylation is 1. The minimum Gasteiger partial charge on any atom is -0.329 e. The Bertz CT molecular complexity index is 817. The minimum absolute atomic E-state index is 0.352. The van der Waals surface area contributed by atoms with E-state index in [1.165, 1.54) is 6.07 Å². The zero-order valence-electron chi connectivity index (χ0n) is 9.95. The molecule has 0 unspecified atom stereocenters. The molecule has 0 fully saturated rings. The first kappa shape index (κ1) is 12.5. The van der Waals surface area contributed by atoms with Gasteiger partial charge in [-0.15, -0.1) is 0 Å². The summed E-state index contributed by atoms with van der Waals surface area (Å²) >= 11 is 8.65. The Morgan fingerprint density at radius 1 is 1.37 bits per heavy atom. The average Bonchev–Trinajstić information content (AvgIpc) is 2.68. The standard InChI is InChI=1S/C13H9BrFN3S/c1-7-5-6-16-12-10(7)17-13(19)18(12)11-8(14)3-2-4-9(11)15/h2-6H,1H3,(H,17,19). The van der Waals surface area contributed by atoms with Crippen molar-refractivity contribution in [1.29, 1.82) is 0 Å². The molecule has 3 nitrogen and oxygen atoms in total. The molecule has 3 rings (SSSR count). The zero-order valence-corrected chi connectivity index (χ0v) is 12.3. The number of fused-ring (bicyclic) bond motifs is 1. The molecule has 2 aromatic heterocycles. The Kier molecular flexibility index (Phi) is 2.99. The number of para-hydroxylation sites is 1. The van der Waals surface area contributed by atoms with E-state index in [0.29, 0.717) is 20.6 Å². The Hall–Kier alpha value is -1.53. The normalized spacial score (nSPS) is 11.1. The van der Waals surface area contributed by atoms with Gasteiger partial charge in [-0.05, 0) is 58.8 Å². The number of benzene rings is 1. The topological polar surface area (TPSA) is 33.6 Å². The number of rotatable bonds is 1. The summed E-state index contributed by atoms with van der Waals surface area (Å²) in [6.07, 6.45) is 1.69. The van der Waals surface area contributed by atoms with Crippen molar-refractivity contribution >= 4 is 39.3 Å².